The highest BCUT2D eigenvalue weighted by Crippen LogP contribution is 2.28. The van der Waals surface area contributed by atoms with Crippen molar-refractivity contribution >= 4 is 39.8 Å². The molecular weight excluding hydrogens is 376 g/mol. The first kappa shape index (κ1) is 18.5. The van der Waals surface area contributed by atoms with Gasteiger partial charge < -0.3 is 10.4 Å². The number of anilines is 1. The lowest BCUT2D eigenvalue weighted by molar-refractivity contribution is -0.138. The van der Waals surface area contributed by atoms with Gasteiger partial charge in [0.05, 0.1) is 16.9 Å². The highest BCUT2D eigenvalue weighted by atomic mass is 32.1. The van der Waals surface area contributed by atoms with Crippen molar-refractivity contribution in [3.8, 4) is 10.4 Å². The summed E-state index contributed by atoms with van der Waals surface area (Å²) in [6, 6.07) is 8.02. The summed E-state index contributed by atoms with van der Waals surface area (Å²) >= 11 is 1.58. The third kappa shape index (κ3) is 4.18. The third-order valence-corrected chi connectivity index (χ3v) is 5.83. The van der Waals surface area contributed by atoms with Crippen LogP contribution in [-0.4, -0.2) is 51.5 Å². The number of rotatable bonds is 5. The minimum absolute atomic E-state index is 0.0304. The summed E-state index contributed by atoms with van der Waals surface area (Å²) in [7, 11) is 0. The maximum absolute atomic E-state index is 12.6. The molecule has 3 aromatic rings. The molecule has 0 saturated carbocycles. The molecule has 1 aromatic carbocycles. The Labute approximate surface area is 166 Å². The Morgan fingerprint density at radius 2 is 2.00 bits per heavy atom. The monoisotopic (exact) mass is 396 g/mol. The Hall–Kier alpha value is -2.84. The lowest BCUT2D eigenvalue weighted by atomic mass is 9.96. The van der Waals surface area contributed by atoms with Gasteiger partial charge in [-0.2, -0.15) is 0 Å². The Morgan fingerprint density at radius 3 is 2.71 bits per heavy atom. The maximum atomic E-state index is 12.6. The highest BCUT2D eigenvalue weighted by molar-refractivity contribution is 7.13. The molecule has 1 saturated heterocycles. The van der Waals surface area contributed by atoms with E-state index in [0.29, 0.717) is 31.7 Å². The van der Waals surface area contributed by atoms with Gasteiger partial charge in [0, 0.05) is 23.7 Å². The van der Waals surface area contributed by atoms with Gasteiger partial charge in [-0.05, 0) is 49.0 Å². The van der Waals surface area contributed by atoms with Crippen molar-refractivity contribution in [2.75, 3.05) is 25.0 Å². The number of hydrogen-bond donors (Lipinski definition) is 2. The average molecular weight is 396 g/mol. The molecule has 2 aromatic heterocycles. The van der Waals surface area contributed by atoms with E-state index in [1.807, 2.05) is 29.3 Å². The van der Waals surface area contributed by atoms with Crippen molar-refractivity contribution in [2.24, 2.45) is 5.92 Å². The minimum Gasteiger partial charge on any atom is -0.480 e. The van der Waals surface area contributed by atoms with Crippen molar-refractivity contribution in [1.82, 2.24) is 14.9 Å². The van der Waals surface area contributed by atoms with E-state index in [1.165, 1.54) is 0 Å². The maximum Gasteiger partial charge on any atom is 0.317 e. The normalized spacial score (nSPS) is 15.6. The second-order valence-corrected chi connectivity index (χ2v) is 7.82. The van der Waals surface area contributed by atoms with Gasteiger partial charge in [0.2, 0.25) is 5.91 Å². The van der Waals surface area contributed by atoms with Crippen LogP contribution in [-0.2, 0) is 9.59 Å². The minimum atomic E-state index is -0.832. The number of aliphatic carboxylic acids is 1. The summed E-state index contributed by atoms with van der Waals surface area (Å²) in [6.45, 7) is 1.27. The van der Waals surface area contributed by atoms with Crippen molar-refractivity contribution < 1.29 is 14.7 Å². The molecule has 4 rings (SSSR count). The first-order valence-corrected chi connectivity index (χ1v) is 10.00. The molecule has 28 heavy (non-hydrogen) atoms. The molecule has 0 unspecified atom stereocenters. The largest absolute Gasteiger partial charge is 0.480 e. The molecule has 1 amide bonds. The van der Waals surface area contributed by atoms with Crippen LogP contribution < -0.4 is 5.32 Å². The molecule has 7 nitrogen and oxygen atoms in total. The number of carboxylic acid groups (broad SMARTS) is 1. The number of piperidine rings is 1. The zero-order valence-corrected chi connectivity index (χ0v) is 16.0. The molecule has 2 N–H and O–H groups in total. The Balaban J connectivity index is 1.44. The fraction of sp³-hybridized carbons (Fsp3) is 0.300. The summed E-state index contributed by atoms with van der Waals surface area (Å²) in [4.78, 5) is 34.8. The first-order chi connectivity index (χ1) is 13.6. The molecule has 0 atom stereocenters. The number of pyridine rings is 1. The summed E-state index contributed by atoms with van der Waals surface area (Å²) in [6.07, 6.45) is 4.91. The molecule has 1 aliphatic heterocycles. The zero-order valence-electron chi connectivity index (χ0n) is 15.2. The van der Waals surface area contributed by atoms with Gasteiger partial charge in [0.1, 0.15) is 5.82 Å². The lowest BCUT2D eigenvalue weighted by Crippen LogP contribution is -2.40. The Kier molecular flexibility index (Phi) is 5.31. The molecule has 1 fully saturated rings. The second kappa shape index (κ2) is 8.04. The SMILES string of the molecule is O=C(O)CN1CCC(C(=O)Nc2cc3cc(-c4cncs4)ccc3cn2)CC1. The van der Waals surface area contributed by atoms with Crippen LogP contribution in [0.3, 0.4) is 0 Å². The number of hydrogen-bond acceptors (Lipinski definition) is 6. The van der Waals surface area contributed by atoms with E-state index in [1.54, 1.807) is 23.0 Å². The van der Waals surface area contributed by atoms with E-state index in [2.05, 4.69) is 21.4 Å². The molecule has 3 heterocycles. The quantitative estimate of drug-likeness (QED) is 0.688. The van der Waals surface area contributed by atoms with Gasteiger partial charge >= 0.3 is 5.97 Å². The lowest BCUT2D eigenvalue weighted by Gasteiger charge is -2.29. The predicted molar refractivity (Wildman–Crippen MR) is 108 cm³/mol. The molecule has 1 aliphatic rings. The van der Waals surface area contributed by atoms with Crippen LogP contribution in [0.1, 0.15) is 12.8 Å². The first-order valence-electron chi connectivity index (χ1n) is 9.12. The molecule has 0 spiro atoms. The van der Waals surface area contributed by atoms with Crippen molar-refractivity contribution in [2.45, 2.75) is 12.8 Å². The number of nitrogens with one attached hydrogen (secondary N) is 1. The number of benzene rings is 1. The Morgan fingerprint density at radius 1 is 1.18 bits per heavy atom. The number of likely N-dealkylation sites (tertiary alicyclic amines) is 1. The standard InChI is InChI=1S/C20H20N4O3S/c25-19(26)11-24-5-3-13(4-6-24)20(27)23-18-8-16-7-14(17-10-21-12-28-17)1-2-15(16)9-22-18/h1-2,7-10,12-13H,3-6,11H2,(H,25,26)(H,22,23,27). The van der Waals surface area contributed by atoms with Crippen molar-refractivity contribution in [3.05, 3.63) is 42.2 Å². The van der Waals surface area contributed by atoms with Crippen LogP contribution in [0.25, 0.3) is 21.2 Å². The smallest absolute Gasteiger partial charge is 0.317 e. The molecule has 0 bridgehead atoms. The van der Waals surface area contributed by atoms with Crippen molar-refractivity contribution in [3.63, 3.8) is 0 Å². The fourth-order valence-corrected chi connectivity index (χ4v) is 4.11. The van der Waals surface area contributed by atoms with E-state index in [0.717, 1.165) is 21.2 Å². The number of fused-ring (bicyclic) bond motifs is 1. The molecule has 0 aliphatic carbocycles. The summed E-state index contributed by atoms with van der Waals surface area (Å²) in [5.41, 5.74) is 2.89. The fourth-order valence-electron chi connectivity index (χ4n) is 3.49. The van der Waals surface area contributed by atoms with Gasteiger partial charge in [0.15, 0.2) is 0 Å². The van der Waals surface area contributed by atoms with Crippen LogP contribution in [0.2, 0.25) is 0 Å². The number of aromatic nitrogens is 2. The third-order valence-electron chi connectivity index (χ3n) is 5.01. The summed E-state index contributed by atoms with van der Waals surface area (Å²) in [5.74, 6) is -0.473. The zero-order chi connectivity index (χ0) is 19.5. The van der Waals surface area contributed by atoms with Crippen LogP contribution in [0.5, 0.6) is 0 Å². The highest BCUT2D eigenvalue weighted by Gasteiger charge is 2.26. The van der Waals surface area contributed by atoms with Crippen LogP contribution >= 0.6 is 11.3 Å². The molecule has 144 valence electrons. The number of carbonyl (C=O) groups excluding carboxylic acids is 1. The molecule has 0 radical (unpaired) electrons. The number of nitrogens with zero attached hydrogens (tertiary/aromatic N) is 3. The molecule has 8 heteroatoms. The number of amides is 1. The van der Waals surface area contributed by atoms with Gasteiger partial charge in [-0.25, -0.2) is 4.98 Å². The van der Waals surface area contributed by atoms with Gasteiger partial charge in [-0.15, -0.1) is 11.3 Å². The van der Waals surface area contributed by atoms with Gasteiger partial charge in [-0.3, -0.25) is 19.5 Å². The second-order valence-electron chi connectivity index (χ2n) is 6.93. The van der Waals surface area contributed by atoms with Crippen LogP contribution in [0.4, 0.5) is 5.82 Å². The average Bonchev–Trinajstić information content (AvgIpc) is 3.22. The van der Waals surface area contributed by atoms with Gasteiger partial charge in [0.25, 0.3) is 0 Å². The van der Waals surface area contributed by atoms with Crippen molar-refractivity contribution in [1.29, 1.82) is 0 Å². The van der Waals surface area contributed by atoms with E-state index in [9.17, 15) is 9.59 Å². The van der Waals surface area contributed by atoms with E-state index < -0.39 is 5.97 Å². The van der Waals surface area contributed by atoms with Gasteiger partial charge in [-0.1, -0.05) is 12.1 Å². The number of thiazole rings is 1. The predicted octanol–water partition coefficient (Wildman–Crippen LogP) is 3.09. The number of carboxylic acids is 1. The molecular formula is C20H20N4O3S. The Bertz CT molecular complexity index is 998. The van der Waals surface area contributed by atoms with E-state index in [-0.39, 0.29) is 18.4 Å². The van der Waals surface area contributed by atoms with E-state index >= 15 is 0 Å². The number of carbonyl (C=O) groups is 2. The topological polar surface area (TPSA) is 95.4 Å². The summed E-state index contributed by atoms with van der Waals surface area (Å²) < 4.78 is 0. The van der Waals surface area contributed by atoms with Crippen LogP contribution in [0, 0.1) is 5.92 Å². The van der Waals surface area contributed by atoms with Crippen LogP contribution in [0.15, 0.2) is 42.2 Å². The summed E-state index contributed by atoms with van der Waals surface area (Å²) in [5, 5.41) is 13.8. The van der Waals surface area contributed by atoms with E-state index in [4.69, 9.17) is 5.11 Å².